The van der Waals surface area contributed by atoms with Crippen LogP contribution in [0.4, 0.5) is 23.7 Å². The van der Waals surface area contributed by atoms with Gasteiger partial charge in [0.05, 0.1) is 29.4 Å². The van der Waals surface area contributed by atoms with Crippen LogP contribution < -0.4 is 10.2 Å². The van der Waals surface area contributed by atoms with Crippen LogP contribution in [0.1, 0.15) is 28.3 Å². The molecule has 0 radical (unpaired) electrons. The second kappa shape index (κ2) is 6.90. The van der Waals surface area contributed by atoms with Crippen LogP contribution in [0, 0.1) is 13.8 Å². The standard InChI is InChI=1S/C22H20F3N3O2/c1-12-7-8-16(13(2)9-12)19-18-17(27(3)21(30)26-19)11-28(20(18)29)15-6-4-5-14(10-15)22(23,24)25/h4-10,19H,11H2,1-3H3,(H,26,30). The van der Waals surface area contributed by atoms with Gasteiger partial charge < -0.3 is 10.2 Å². The average molecular weight is 415 g/mol. The van der Waals surface area contributed by atoms with Crippen molar-refractivity contribution >= 4 is 17.6 Å². The number of nitrogens with zero attached hydrogens (tertiary/aromatic N) is 2. The molecule has 0 spiro atoms. The van der Waals surface area contributed by atoms with Crippen molar-refractivity contribution in [2.24, 2.45) is 0 Å². The van der Waals surface area contributed by atoms with E-state index in [2.05, 4.69) is 5.32 Å². The van der Waals surface area contributed by atoms with E-state index in [-0.39, 0.29) is 18.3 Å². The lowest BCUT2D eigenvalue weighted by atomic mass is 9.91. The molecule has 2 heterocycles. The van der Waals surface area contributed by atoms with Gasteiger partial charge in [0, 0.05) is 12.7 Å². The second-order valence-corrected chi connectivity index (χ2v) is 7.60. The molecule has 2 aromatic carbocycles. The smallest absolute Gasteiger partial charge is 0.326 e. The molecule has 30 heavy (non-hydrogen) atoms. The Morgan fingerprint density at radius 1 is 1.07 bits per heavy atom. The molecule has 8 heteroatoms. The van der Waals surface area contributed by atoms with Crippen LogP contribution in [0.5, 0.6) is 0 Å². The van der Waals surface area contributed by atoms with Crippen LogP contribution in [0.2, 0.25) is 0 Å². The molecule has 0 fully saturated rings. The minimum Gasteiger partial charge on any atom is -0.326 e. The Labute approximate surface area is 171 Å². The lowest BCUT2D eigenvalue weighted by Crippen LogP contribution is -2.45. The van der Waals surface area contributed by atoms with Gasteiger partial charge in [-0.05, 0) is 43.2 Å². The largest absolute Gasteiger partial charge is 0.416 e. The Hall–Kier alpha value is -3.29. The van der Waals surface area contributed by atoms with E-state index in [4.69, 9.17) is 0 Å². The number of hydrogen-bond donors (Lipinski definition) is 1. The van der Waals surface area contributed by atoms with Gasteiger partial charge in [0.25, 0.3) is 5.91 Å². The van der Waals surface area contributed by atoms with Gasteiger partial charge in [-0.15, -0.1) is 0 Å². The number of alkyl halides is 3. The molecule has 1 atom stereocenters. The molecule has 0 saturated carbocycles. The van der Waals surface area contributed by atoms with Gasteiger partial charge in [0.1, 0.15) is 0 Å². The number of nitrogens with one attached hydrogen (secondary N) is 1. The lowest BCUT2D eigenvalue weighted by Gasteiger charge is -2.31. The topological polar surface area (TPSA) is 52.7 Å². The predicted octanol–water partition coefficient (Wildman–Crippen LogP) is 4.32. The number of hydrogen-bond acceptors (Lipinski definition) is 2. The quantitative estimate of drug-likeness (QED) is 0.794. The summed E-state index contributed by atoms with van der Waals surface area (Å²) in [5, 5.41) is 2.85. The zero-order valence-corrected chi connectivity index (χ0v) is 16.7. The molecule has 5 nitrogen and oxygen atoms in total. The van der Waals surface area contributed by atoms with Crippen LogP contribution in [-0.2, 0) is 11.0 Å². The van der Waals surface area contributed by atoms with Crippen molar-refractivity contribution in [1.29, 1.82) is 0 Å². The molecule has 0 bridgehead atoms. The number of urea groups is 1. The third-order valence-corrected chi connectivity index (χ3v) is 5.58. The number of anilines is 1. The number of halogens is 3. The number of likely N-dealkylation sites (N-methyl/N-ethyl adjacent to an activating group) is 1. The van der Waals surface area contributed by atoms with Crippen LogP contribution >= 0.6 is 0 Å². The number of carbonyl (C=O) groups excluding carboxylic acids is 2. The maximum Gasteiger partial charge on any atom is 0.416 e. The fourth-order valence-corrected chi connectivity index (χ4v) is 4.01. The van der Waals surface area contributed by atoms with E-state index in [0.717, 1.165) is 28.8 Å². The van der Waals surface area contributed by atoms with Crippen LogP contribution in [0.3, 0.4) is 0 Å². The second-order valence-electron chi connectivity index (χ2n) is 7.60. The molecule has 4 rings (SSSR count). The van der Waals surface area contributed by atoms with Gasteiger partial charge >= 0.3 is 12.2 Å². The lowest BCUT2D eigenvalue weighted by molar-refractivity contribution is -0.137. The third kappa shape index (κ3) is 3.22. The van der Waals surface area contributed by atoms with E-state index in [1.807, 2.05) is 32.0 Å². The Morgan fingerprint density at radius 3 is 2.47 bits per heavy atom. The summed E-state index contributed by atoms with van der Waals surface area (Å²) in [5.41, 5.74) is 2.94. The molecule has 3 amide bonds. The molecule has 1 N–H and O–H groups in total. The summed E-state index contributed by atoms with van der Waals surface area (Å²) in [7, 11) is 1.55. The molecule has 2 aliphatic rings. The summed E-state index contributed by atoms with van der Waals surface area (Å²) >= 11 is 0. The Kier molecular flexibility index (Phi) is 4.60. The van der Waals surface area contributed by atoms with E-state index >= 15 is 0 Å². The highest BCUT2D eigenvalue weighted by Crippen LogP contribution is 2.39. The molecular formula is C22H20F3N3O2. The normalized spacial score (nSPS) is 19.3. The van der Waals surface area contributed by atoms with Crippen molar-refractivity contribution in [3.63, 3.8) is 0 Å². The van der Waals surface area contributed by atoms with Crippen molar-refractivity contribution in [2.45, 2.75) is 26.1 Å². The van der Waals surface area contributed by atoms with Gasteiger partial charge in [0.15, 0.2) is 0 Å². The van der Waals surface area contributed by atoms with E-state index in [1.54, 1.807) is 7.05 Å². The highest BCUT2D eigenvalue weighted by Gasteiger charge is 2.44. The SMILES string of the molecule is Cc1ccc(C2NC(=O)N(C)C3=C2C(=O)N(c2cccc(C(F)(F)F)c2)C3)c(C)c1. The number of rotatable bonds is 2. The van der Waals surface area contributed by atoms with E-state index < -0.39 is 23.7 Å². The van der Waals surface area contributed by atoms with E-state index in [1.165, 1.54) is 21.9 Å². The molecule has 156 valence electrons. The summed E-state index contributed by atoms with van der Waals surface area (Å²) < 4.78 is 39.4. The van der Waals surface area contributed by atoms with Crippen LogP contribution in [0.25, 0.3) is 0 Å². The van der Waals surface area contributed by atoms with Crippen molar-refractivity contribution in [3.05, 3.63) is 76.0 Å². The Morgan fingerprint density at radius 2 is 1.80 bits per heavy atom. The van der Waals surface area contributed by atoms with E-state index in [0.29, 0.717) is 11.3 Å². The van der Waals surface area contributed by atoms with Crippen LogP contribution in [0.15, 0.2) is 53.7 Å². The molecule has 0 saturated heterocycles. The van der Waals surface area contributed by atoms with Crippen LogP contribution in [-0.4, -0.2) is 30.4 Å². The highest BCUT2D eigenvalue weighted by molar-refractivity contribution is 6.11. The summed E-state index contributed by atoms with van der Waals surface area (Å²) in [4.78, 5) is 28.5. The number of carbonyl (C=O) groups is 2. The predicted molar refractivity (Wildman–Crippen MR) is 106 cm³/mol. The van der Waals surface area contributed by atoms with Gasteiger partial charge in [-0.25, -0.2) is 4.79 Å². The molecule has 0 aliphatic carbocycles. The monoisotopic (exact) mass is 415 g/mol. The zero-order chi connectivity index (χ0) is 21.8. The minimum absolute atomic E-state index is 0.0286. The molecule has 2 aromatic rings. The van der Waals surface area contributed by atoms with Crippen molar-refractivity contribution in [2.75, 3.05) is 18.5 Å². The third-order valence-electron chi connectivity index (χ3n) is 5.58. The molecular weight excluding hydrogens is 395 g/mol. The summed E-state index contributed by atoms with van der Waals surface area (Å²) in [6.45, 7) is 3.88. The maximum atomic E-state index is 13.3. The van der Waals surface area contributed by atoms with E-state index in [9.17, 15) is 22.8 Å². The zero-order valence-electron chi connectivity index (χ0n) is 16.7. The highest BCUT2D eigenvalue weighted by atomic mass is 19.4. The van der Waals surface area contributed by atoms with Gasteiger partial charge in [-0.3, -0.25) is 9.69 Å². The average Bonchev–Trinajstić information content (AvgIpc) is 3.02. The maximum absolute atomic E-state index is 13.3. The first-order chi connectivity index (χ1) is 14.1. The number of aryl methyl sites for hydroxylation is 2. The molecule has 1 unspecified atom stereocenters. The fourth-order valence-electron chi connectivity index (χ4n) is 4.01. The summed E-state index contributed by atoms with van der Waals surface area (Å²) in [6.07, 6.45) is -4.51. The fraction of sp³-hybridized carbons (Fsp3) is 0.273. The van der Waals surface area contributed by atoms with Gasteiger partial charge in [-0.1, -0.05) is 29.8 Å². The first kappa shape index (κ1) is 20.0. The number of amides is 3. The summed E-state index contributed by atoms with van der Waals surface area (Å²) in [5.74, 6) is -0.416. The Bertz CT molecular complexity index is 1090. The minimum atomic E-state index is -4.51. The first-order valence-electron chi connectivity index (χ1n) is 9.41. The van der Waals surface area contributed by atoms with Gasteiger partial charge in [-0.2, -0.15) is 13.2 Å². The van der Waals surface area contributed by atoms with Crippen molar-refractivity contribution < 1.29 is 22.8 Å². The molecule has 0 aromatic heterocycles. The number of benzene rings is 2. The molecule has 2 aliphatic heterocycles. The summed E-state index contributed by atoms with van der Waals surface area (Å²) in [6, 6.07) is 9.37. The van der Waals surface area contributed by atoms with Crippen molar-refractivity contribution in [3.8, 4) is 0 Å². The Balaban J connectivity index is 1.77. The van der Waals surface area contributed by atoms with Gasteiger partial charge in [0.2, 0.25) is 0 Å². The first-order valence-corrected chi connectivity index (χ1v) is 9.41. The van der Waals surface area contributed by atoms with Crippen molar-refractivity contribution in [1.82, 2.24) is 10.2 Å².